The van der Waals surface area contributed by atoms with Gasteiger partial charge >= 0.3 is 0 Å². The van der Waals surface area contributed by atoms with Gasteiger partial charge in [0, 0.05) is 11.8 Å². The number of aromatic nitrogens is 2. The van der Waals surface area contributed by atoms with E-state index in [1.807, 2.05) is 68.4 Å². The number of rotatable bonds is 5. The average Bonchev–Trinajstić information content (AvgIpc) is 3.06. The van der Waals surface area contributed by atoms with Gasteiger partial charge in [0.15, 0.2) is 0 Å². The van der Waals surface area contributed by atoms with E-state index in [-0.39, 0.29) is 5.91 Å². The maximum Gasteiger partial charge on any atom is 0.278 e. The molecule has 0 unspecified atom stereocenters. The molecule has 5 nitrogen and oxygen atoms in total. The van der Waals surface area contributed by atoms with Crippen LogP contribution in [0.25, 0.3) is 16.9 Å². The lowest BCUT2D eigenvalue weighted by molar-refractivity contribution is 0.0365. The van der Waals surface area contributed by atoms with Gasteiger partial charge in [-0.1, -0.05) is 42.5 Å². The number of hydroxylamine groups is 1. The second-order valence-electron chi connectivity index (χ2n) is 5.35. The van der Waals surface area contributed by atoms with Gasteiger partial charge in [0.05, 0.1) is 17.9 Å². The van der Waals surface area contributed by atoms with Crippen LogP contribution in [-0.2, 0) is 4.84 Å². The maximum absolute atomic E-state index is 12.5. The fourth-order valence-electron chi connectivity index (χ4n) is 2.48. The molecule has 1 amide bonds. The summed E-state index contributed by atoms with van der Waals surface area (Å²) in [6, 6.07) is 17.6. The second kappa shape index (κ2) is 7.10. The molecule has 0 radical (unpaired) electrons. The van der Waals surface area contributed by atoms with Gasteiger partial charge in [-0.15, -0.1) is 0 Å². The summed E-state index contributed by atoms with van der Waals surface area (Å²) in [6.45, 7) is 4.22. The molecular weight excluding hydrogens is 302 g/mol. The van der Waals surface area contributed by atoms with Crippen LogP contribution in [0.2, 0.25) is 0 Å². The Balaban J connectivity index is 2.10. The first-order valence-corrected chi connectivity index (χ1v) is 7.84. The summed E-state index contributed by atoms with van der Waals surface area (Å²) in [5.74, 6) is -0.308. The monoisotopic (exact) mass is 321 g/mol. The Morgan fingerprint density at radius 3 is 2.54 bits per heavy atom. The van der Waals surface area contributed by atoms with Crippen LogP contribution in [0.1, 0.15) is 22.8 Å². The molecule has 0 aliphatic rings. The third-order valence-electron chi connectivity index (χ3n) is 3.69. The van der Waals surface area contributed by atoms with E-state index in [9.17, 15) is 4.79 Å². The number of para-hydroxylation sites is 1. The Morgan fingerprint density at radius 1 is 1.12 bits per heavy atom. The number of benzene rings is 2. The third kappa shape index (κ3) is 3.21. The number of hydrogen-bond acceptors (Lipinski definition) is 3. The Kier molecular flexibility index (Phi) is 4.72. The highest BCUT2D eigenvalue weighted by Gasteiger charge is 2.19. The van der Waals surface area contributed by atoms with Crippen LogP contribution in [0.5, 0.6) is 0 Å². The molecule has 1 heterocycles. The van der Waals surface area contributed by atoms with Gasteiger partial charge in [0.25, 0.3) is 5.91 Å². The highest BCUT2D eigenvalue weighted by atomic mass is 16.6. The molecule has 3 aromatic rings. The summed E-state index contributed by atoms with van der Waals surface area (Å²) in [6.07, 6.45) is 1.73. The van der Waals surface area contributed by atoms with Crippen LogP contribution in [0.15, 0.2) is 60.8 Å². The molecule has 2 aromatic carbocycles. The summed E-state index contributed by atoms with van der Waals surface area (Å²) >= 11 is 0. The molecule has 0 saturated heterocycles. The first-order valence-electron chi connectivity index (χ1n) is 7.84. The second-order valence-corrected chi connectivity index (χ2v) is 5.35. The van der Waals surface area contributed by atoms with E-state index < -0.39 is 0 Å². The molecule has 0 saturated carbocycles. The number of carbonyl (C=O) groups is 1. The highest BCUT2D eigenvalue weighted by molar-refractivity contribution is 5.99. The van der Waals surface area contributed by atoms with Crippen molar-refractivity contribution < 1.29 is 9.63 Å². The zero-order valence-corrected chi connectivity index (χ0v) is 13.7. The van der Waals surface area contributed by atoms with E-state index in [1.165, 1.54) is 0 Å². The van der Waals surface area contributed by atoms with E-state index in [2.05, 4.69) is 10.6 Å². The van der Waals surface area contributed by atoms with Gasteiger partial charge in [-0.3, -0.25) is 9.63 Å². The molecule has 0 bridgehead atoms. The summed E-state index contributed by atoms with van der Waals surface area (Å²) in [5.41, 5.74) is 6.43. The summed E-state index contributed by atoms with van der Waals surface area (Å²) in [4.78, 5) is 17.5. The fraction of sp³-hybridized carbons (Fsp3) is 0.158. The lowest BCUT2D eigenvalue weighted by Gasteiger charge is -2.06. The smallest absolute Gasteiger partial charge is 0.274 e. The summed E-state index contributed by atoms with van der Waals surface area (Å²) < 4.78 is 1.71. The van der Waals surface area contributed by atoms with E-state index in [1.54, 1.807) is 10.9 Å². The molecule has 3 rings (SSSR count). The van der Waals surface area contributed by atoms with Crippen molar-refractivity contribution in [2.75, 3.05) is 6.61 Å². The Morgan fingerprint density at radius 2 is 1.83 bits per heavy atom. The average molecular weight is 321 g/mol. The summed E-state index contributed by atoms with van der Waals surface area (Å²) in [5, 5.41) is 4.64. The molecular formula is C19H19N3O2. The quantitative estimate of drug-likeness (QED) is 0.731. The van der Waals surface area contributed by atoms with E-state index in [0.717, 1.165) is 16.8 Å². The van der Waals surface area contributed by atoms with Crippen molar-refractivity contribution in [3.05, 3.63) is 71.9 Å². The van der Waals surface area contributed by atoms with Gasteiger partial charge in [0.2, 0.25) is 0 Å². The molecule has 24 heavy (non-hydrogen) atoms. The number of hydrogen-bond donors (Lipinski definition) is 1. The number of nitrogens with one attached hydrogen (secondary N) is 1. The predicted octanol–water partition coefficient (Wildman–Crippen LogP) is 3.53. The van der Waals surface area contributed by atoms with Crippen LogP contribution >= 0.6 is 0 Å². The summed E-state index contributed by atoms with van der Waals surface area (Å²) in [7, 11) is 0. The molecule has 5 heteroatoms. The number of aryl methyl sites for hydroxylation is 1. The zero-order valence-electron chi connectivity index (χ0n) is 13.7. The van der Waals surface area contributed by atoms with Crippen molar-refractivity contribution in [1.29, 1.82) is 0 Å². The lowest BCUT2D eigenvalue weighted by Crippen LogP contribution is -2.23. The standard InChI is InChI=1S/C19H19N3O2/c1-3-24-21-19(23)17-13-22(15-10-5-4-6-11-15)20-18(17)16-12-8-7-9-14(16)2/h4-13H,3H2,1-2H3,(H,21,23). The van der Waals surface area contributed by atoms with Crippen LogP contribution < -0.4 is 5.48 Å². The Labute approximate surface area is 140 Å². The van der Waals surface area contributed by atoms with Crippen molar-refractivity contribution >= 4 is 5.91 Å². The highest BCUT2D eigenvalue weighted by Crippen LogP contribution is 2.26. The largest absolute Gasteiger partial charge is 0.278 e. The van der Waals surface area contributed by atoms with Crippen LogP contribution in [0, 0.1) is 6.92 Å². The molecule has 1 N–H and O–H groups in total. The fourth-order valence-corrected chi connectivity index (χ4v) is 2.48. The van der Waals surface area contributed by atoms with E-state index in [4.69, 9.17) is 4.84 Å². The first-order chi connectivity index (χ1) is 11.7. The van der Waals surface area contributed by atoms with E-state index in [0.29, 0.717) is 17.9 Å². The van der Waals surface area contributed by atoms with E-state index >= 15 is 0 Å². The zero-order chi connectivity index (χ0) is 16.9. The minimum absolute atomic E-state index is 0.308. The Hall–Kier alpha value is -2.92. The molecule has 0 aliphatic carbocycles. The van der Waals surface area contributed by atoms with Crippen molar-refractivity contribution in [2.45, 2.75) is 13.8 Å². The third-order valence-corrected chi connectivity index (χ3v) is 3.69. The first kappa shape index (κ1) is 16.0. The Bertz CT molecular complexity index is 841. The van der Waals surface area contributed by atoms with Crippen LogP contribution in [0.4, 0.5) is 0 Å². The van der Waals surface area contributed by atoms with Gasteiger partial charge in [-0.05, 0) is 31.5 Å². The van der Waals surface area contributed by atoms with Gasteiger partial charge in [-0.25, -0.2) is 10.2 Å². The topological polar surface area (TPSA) is 56.1 Å². The van der Waals surface area contributed by atoms with Crippen molar-refractivity contribution in [3.8, 4) is 16.9 Å². The molecule has 0 atom stereocenters. The molecule has 0 spiro atoms. The molecule has 122 valence electrons. The normalized spacial score (nSPS) is 10.6. The van der Waals surface area contributed by atoms with Gasteiger partial charge < -0.3 is 0 Å². The number of carbonyl (C=O) groups excluding carboxylic acids is 1. The molecule has 0 fully saturated rings. The van der Waals surface area contributed by atoms with Gasteiger partial charge in [0.1, 0.15) is 5.69 Å². The maximum atomic E-state index is 12.5. The van der Waals surface area contributed by atoms with Crippen molar-refractivity contribution in [1.82, 2.24) is 15.3 Å². The number of amides is 1. The number of nitrogens with zero attached hydrogens (tertiary/aromatic N) is 2. The van der Waals surface area contributed by atoms with Crippen LogP contribution in [-0.4, -0.2) is 22.3 Å². The van der Waals surface area contributed by atoms with Gasteiger partial charge in [-0.2, -0.15) is 5.10 Å². The minimum Gasteiger partial charge on any atom is -0.274 e. The lowest BCUT2D eigenvalue weighted by atomic mass is 10.0. The minimum atomic E-state index is -0.308. The predicted molar refractivity (Wildman–Crippen MR) is 92.8 cm³/mol. The SMILES string of the molecule is CCONC(=O)c1cn(-c2ccccc2)nc1-c1ccccc1C. The van der Waals surface area contributed by atoms with Crippen LogP contribution in [0.3, 0.4) is 0 Å². The van der Waals surface area contributed by atoms with Crippen molar-refractivity contribution in [3.63, 3.8) is 0 Å². The molecule has 0 aliphatic heterocycles. The molecule has 1 aromatic heterocycles. The van der Waals surface area contributed by atoms with Crippen molar-refractivity contribution in [2.24, 2.45) is 0 Å².